The number of imidazole rings is 1. The van der Waals surface area contributed by atoms with Gasteiger partial charge in [0.2, 0.25) is 5.91 Å². The van der Waals surface area contributed by atoms with Crippen LogP contribution in [-0.2, 0) is 17.8 Å². The van der Waals surface area contributed by atoms with Gasteiger partial charge in [-0.05, 0) is 42.7 Å². The molecule has 1 saturated carbocycles. The summed E-state index contributed by atoms with van der Waals surface area (Å²) in [5.74, 6) is 1.02. The minimum absolute atomic E-state index is 0.103. The predicted molar refractivity (Wildman–Crippen MR) is 105 cm³/mol. The summed E-state index contributed by atoms with van der Waals surface area (Å²) in [7, 11) is 0. The van der Waals surface area contributed by atoms with Crippen molar-refractivity contribution in [2.24, 2.45) is 0 Å². The van der Waals surface area contributed by atoms with Gasteiger partial charge < -0.3 is 9.88 Å². The molecule has 0 atom stereocenters. The van der Waals surface area contributed by atoms with E-state index in [0.29, 0.717) is 35.5 Å². The first kappa shape index (κ1) is 17.4. The van der Waals surface area contributed by atoms with Crippen LogP contribution in [0.4, 0.5) is 0 Å². The van der Waals surface area contributed by atoms with E-state index in [0.717, 1.165) is 35.3 Å². The Bertz CT molecular complexity index is 963. The summed E-state index contributed by atoms with van der Waals surface area (Å²) >= 11 is 12.2. The second-order valence-electron chi connectivity index (χ2n) is 6.69. The van der Waals surface area contributed by atoms with Crippen molar-refractivity contribution in [2.45, 2.75) is 38.3 Å². The molecule has 4 rings (SSSR count). The van der Waals surface area contributed by atoms with E-state index in [2.05, 4.69) is 9.88 Å². The second-order valence-corrected chi connectivity index (χ2v) is 7.50. The number of nitrogens with one attached hydrogen (secondary N) is 1. The lowest BCUT2D eigenvalue weighted by Gasteiger charge is -2.10. The van der Waals surface area contributed by atoms with E-state index in [1.165, 1.54) is 0 Å². The summed E-state index contributed by atoms with van der Waals surface area (Å²) in [6, 6.07) is 14.0. The highest BCUT2D eigenvalue weighted by Crippen LogP contribution is 2.25. The van der Waals surface area contributed by atoms with Gasteiger partial charge in [0.15, 0.2) is 0 Å². The molecule has 1 fully saturated rings. The molecule has 1 aliphatic carbocycles. The van der Waals surface area contributed by atoms with Gasteiger partial charge in [0.05, 0.1) is 21.1 Å². The topological polar surface area (TPSA) is 46.9 Å². The number of halogens is 2. The SMILES string of the molecule is O=C(CCn1c(Cc2ccc(Cl)c(Cl)c2)nc2ccccc21)NC1CC1. The van der Waals surface area contributed by atoms with Gasteiger partial charge in [-0.1, -0.05) is 41.4 Å². The second kappa shape index (κ2) is 7.29. The molecule has 134 valence electrons. The third-order valence-electron chi connectivity index (χ3n) is 4.58. The molecule has 1 aliphatic rings. The number of benzene rings is 2. The first-order chi connectivity index (χ1) is 12.6. The van der Waals surface area contributed by atoms with Gasteiger partial charge >= 0.3 is 0 Å². The normalized spacial score (nSPS) is 13.9. The molecule has 3 aromatic rings. The van der Waals surface area contributed by atoms with Crippen LogP contribution in [0.15, 0.2) is 42.5 Å². The van der Waals surface area contributed by atoms with E-state index in [1.807, 2.05) is 36.4 Å². The number of hydrogen-bond acceptors (Lipinski definition) is 2. The van der Waals surface area contributed by atoms with Crippen molar-refractivity contribution in [1.82, 2.24) is 14.9 Å². The molecule has 1 amide bonds. The van der Waals surface area contributed by atoms with Crippen LogP contribution in [0.1, 0.15) is 30.7 Å². The van der Waals surface area contributed by atoms with Crippen LogP contribution < -0.4 is 5.32 Å². The van der Waals surface area contributed by atoms with Crippen LogP contribution in [0.3, 0.4) is 0 Å². The Balaban J connectivity index is 1.59. The van der Waals surface area contributed by atoms with E-state index in [1.54, 1.807) is 6.07 Å². The number of amides is 1. The van der Waals surface area contributed by atoms with Crippen molar-refractivity contribution >= 4 is 40.1 Å². The van der Waals surface area contributed by atoms with Gasteiger partial charge in [-0.15, -0.1) is 0 Å². The van der Waals surface area contributed by atoms with Crippen LogP contribution in [0.2, 0.25) is 10.0 Å². The van der Waals surface area contributed by atoms with E-state index in [-0.39, 0.29) is 5.91 Å². The minimum Gasteiger partial charge on any atom is -0.353 e. The number of hydrogen-bond donors (Lipinski definition) is 1. The van der Waals surface area contributed by atoms with Crippen molar-refractivity contribution in [1.29, 1.82) is 0 Å². The molecule has 0 aliphatic heterocycles. The maximum atomic E-state index is 12.1. The first-order valence-corrected chi connectivity index (χ1v) is 9.53. The summed E-state index contributed by atoms with van der Waals surface area (Å²) in [4.78, 5) is 16.9. The fourth-order valence-corrected chi connectivity index (χ4v) is 3.40. The summed E-state index contributed by atoms with van der Waals surface area (Å²) in [5, 5.41) is 4.12. The molecule has 0 unspecified atom stereocenters. The van der Waals surface area contributed by atoms with Crippen molar-refractivity contribution in [2.75, 3.05) is 0 Å². The van der Waals surface area contributed by atoms with Crippen LogP contribution in [0, 0.1) is 0 Å². The maximum Gasteiger partial charge on any atom is 0.222 e. The predicted octanol–water partition coefficient (Wildman–Crippen LogP) is 4.60. The maximum absolute atomic E-state index is 12.1. The molecular weight excluding hydrogens is 369 g/mol. The zero-order chi connectivity index (χ0) is 18.1. The Hall–Kier alpha value is -2.04. The highest BCUT2D eigenvalue weighted by molar-refractivity contribution is 6.42. The Morgan fingerprint density at radius 3 is 2.73 bits per heavy atom. The summed E-state index contributed by atoms with van der Waals surface area (Å²) in [6.07, 6.45) is 3.28. The third-order valence-corrected chi connectivity index (χ3v) is 5.32. The van der Waals surface area contributed by atoms with E-state index in [4.69, 9.17) is 28.2 Å². The summed E-state index contributed by atoms with van der Waals surface area (Å²) < 4.78 is 2.13. The van der Waals surface area contributed by atoms with Gasteiger partial charge in [-0.3, -0.25) is 4.79 Å². The van der Waals surface area contributed by atoms with Crippen LogP contribution in [0.5, 0.6) is 0 Å². The molecule has 6 heteroatoms. The van der Waals surface area contributed by atoms with Crippen LogP contribution in [0.25, 0.3) is 11.0 Å². The zero-order valence-electron chi connectivity index (χ0n) is 14.2. The lowest BCUT2D eigenvalue weighted by atomic mass is 10.1. The van der Waals surface area contributed by atoms with Gasteiger partial charge in [0.25, 0.3) is 0 Å². The van der Waals surface area contributed by atoms with E-state index in [9.17, 15) is 4.79 Å². The first-order valence-electron chi connectivity index (χ1n) is 8.77. The number of aryl methyl sites for hydroxylation is 1. The van der Waals surface area contributed by atoms with E-state index < -0.39 is 0 Å². The van der Waals surface area contributed by atoms with Gasteiger partial charge in [-0.25, -0.2) is 4.98 Å². The smallest absolute Gasteiger partial charge is 0.222 e. The number of aromatic nitrogens is 2. The minimum atomic E-state index is 0.103. The molecule has 4 nitrogen and oxygen atoms in total. The van der Waals surface area contributed by atoms with Crippen molar-refractivity contribution in [3.8, 4) is 0 Å². The Labute approximate surface area is 162 Å². The molecule has 0 radical (unpaired) electrons. The molecule has 0 saturated heterocycles. The van der Waals surface area contributed by atoms with Crippen molar-refractivity contribution < 1.29 is 4.79 Å². The van der Waals surface area contributed by atoms with Crippen LogP contribution >= 0.6 is 23.2 Å². The lowest BCUT2D eigenvalue weighted by molar-refractivity contribution is -0.121. The van der Waals surface area contributed by atoms with Gasteiger partial charge in [0.1, 0.15) is 5.82 Å². The molecule has 2 aromatic carbocycles. The van der Waals surface area contributed by atoms with Crippen molar-refractivity contribution in [3.05, 3.63) is 63.9 Å². The fourth-order valence-electron chi connectivity index (χ4n) is 3.08. The number of rotatable bonds is 6. The van der Waals surface area contributed by atoms with Gasteiger partial charge in [-0.2, -0.15) is 0 Å². The monoisotopic (exact) mass is 387 g/mol. The molecular formula is C20H19Cl2N3O. The Kier molecular flexibility index (Phi) is 4.88. The average Bonchev–Trinajstić information content (AvgIpc) is 3.36. The Morgan fingerprint density at radius 1 is 1.15 bits per heavy atom. The van der Waals surface area contributed by atoms with Crippen molar-refractivity contribution in [3.63, 3.8) is 0 Å². The number of carbonyl (C=O) groups is 1. The molecule has 26 heavy (non-hydrogen) atoms. The quantitative estimate of drug-likeness (QED) is 0.671. The number of fused-ring (bicyclic) bond motifs is 1. The summed E-state index contributed by atoms with van der Waals surface area (Å²) in [6.45, 7) is 0.607. The molecule has 0 bridgehead atoms. The molecule has 1 heterocycles. The number of para-hydroxylation sites is 2. The average molecular weight is 388 g/mol. The number of nitrogens with zero attached hydrogens (tertiary/aromatic N) is 2. The molecule has 0 spiro atoms. The molecule has 1 N–H and O–H groups in total. The molecule has 1 aromatic heterocycles. The standard InChI is InChI=1S/C20H19Cl2N3O/c21-15-8-5-13(11-16(15)22)12-19-24-17-3-1-2-4-18(17)25(19)10-9-20(26)23-14-6-7-14/h1-5,8,11,14H,6-7,9-10,12H2,(H,23,26). The van der Waals surface area contributed by atoms with Crippen LogP contribution in [-0.4, -0.2) is 21.5 Å². The Morgan fingerprint density at radius 2 is 1.96 bits per heavy atom. The highest BCUT2D eigenvalue weighted by atomic mass is 35.5. The largest absolute Gasteiger partial charge is 0.353 e. The van der Waals surface area contributed by atoms with E-state index >= 15 is 0 Å². The highest BCUT2D eigenvalue weighted by Gasteiger charge is 2.23. The summed E-state index contributed by atoms with van der Waals surface area (Å²) in [5.41, 5.74) is 3.02. The van der Waals surface area contributed by atoms with Gasteiger partial charge in [0, 0.05) is 25.4 Å². The zero-order valence-corrected chi connectivity index (χ0v) is 15.7. The fraction of sp³-hybridized carbons (Fsp3) is 0.300. The third kappa shape index (κ3) is 3.87. The lowest BCUT2D eigenvalue weighted by Crippen LogP contribution is -2.26. The number of carbonyl (C=O) groups excluding carboxylic acids is 1.